The highest BCUT2D eigenvalue weighted by molar-refractivity contribution is 5.95. The van der Waals surface area contributed by atoms with E-state index in [1.165, 1.54) is 12.1 Å². The first-order valence-electron chi connectivity index (χ1n) is 5.95. The second-order valence-corrected chi connectivity index (χ2v) is 4.29. The van der Waals surface area contributed by atoms with E-state index in [-0.39, 0.29) is 12.1 Å². The van der Waals surface area contributed by atoms with Crippen molar-refractivity contribution in [2.75, 3.05) is 6.54 Å². The summed E-state index contributed by atoms with van der Waals surface area (Å²) in [5.74, 6) is -0.751. The maximum absolute atomic E-state index is 12.7. The Labute approximate surface area is 109 Å². The average molecular weight is 275 g/mol. The molecule has 0 bridgehead atoms. The predicted molar refractivity (Wildman–Crippen MR) is 64.7 cm³/mol. The van der Waals surface area contributed by atoms with Crippen LogP contribution in [0, 0.1) is 0 Å². The second-order valence-electron chi connectivity index (χ2n) is 4.29. The van der Waals surface area contributed by atoms with Crippen LogP contribution in [-0.2, 0) is 6.18 Å². The van der Waals surface area contributed by atoms with E-state index in [4.69, 9.17) is 5.11 Å². The van der Waals surface area contributed by atoms with Crippen molar-refractivity contribution in [3.8, 4) is 0 Å². The minimum Gasteiger partial charge on any atom is -0.393 e. The molecule has 0 fully saturated rings. The molecule has 0 saturated carbocycles. The van der Waals surface area contributed by atoms with E-state index in [0.717, 1.165) is 12.1 Å². The van der Waals surface area contributed by atoms with Crippen molar-refractivity contribution in [2.24, 2.45) is 0 Å². The summed E-state index contributed by atoms with van der Waals surface area (Å²) in [7, 11) is 0. The molecule has 0 saturated heterocycles. The van der Waals surface area contributed by atoms with Gasteiger partial charge in [-0.2, -0.15) is 13.2 Å². The lowest BCUT2D eigenvalue weighted by Gasteiger charge is -2.12. The normalized spacial score (nSPS) is 13.1. The van der Waals surface area contributed by atoms with Crippen LogP contribution in [0.3, 0.4) is 0 Å². The Kier molecular flexibility index (Phi) is 5.35. The van der Waals surface area contributed by atoms with Crippen LogP contribution in [0.1, 0.15) is 35.7 Å². The Hall–Kier alpha value is -1.56. The predicted octanol–water partition coefficient (Wildman–Crippen LogP) is 2.60. The third kappa shape index (κ3) is 4.90. The molecule has 1 aromatic rings. The molecular formula is C13H16F3NO2. The number of aliphatic hydroxyl groups is 1. The third-order valence-corrected chi connectivity index (χ3v) is 2.56. The summed E-state index contributed by atoms with van der Waals surface area (Å²) >= 11 is 0. The first kappa shape index (κ1) is 15.5. The van der Waals surface area contributed by atoms with Crippen LogP contribution in [0.4, 0.5) is 13.2 Å². The molecule has 1 unspecified atom stereocenters. The Morgan fingerprint density at radius 1 is 1.37 bits per heavy atom. The Morgan fingerprint density at radius 3 is 2.58 bits per heavy atom. The highest BCUT2D eigenvalue weighted by atomic mass is 19.4. The van der Waals surface area contributed by atoms with E-state index < -0.39 is 23.8 Å². The van der Waals surface area contributed by atoms with E-state index in [0.29, 0.717) is 12.8 Å². The minimum atomic E-state index is -4.55. The van der Waals surface area contributed by atoms with E-state index in [9.17, 15) is 18.0 Å². The van der Waals surface area contributed by atoms with E-state index >= 15 is 0 Å². The first-order chi connectivity index (χ1) is 8.82. The number of rotatable bonds is 5. The molecule has 6 heteroatoms. The van der Waals surface area contributed by atoms with Gasteiger partial charge in [-0.3, -0.25) is 4.79 Å². The quantitative estimate of drug-likeness (QED) is 0.811. The summed E-state index contributed by atoms with van der Waals surface area (Å²) in [6, 6.07) is 4.66. The number of halogens is 3. The highest BCUT2D eigenvalue weighted by Gasteiger charge is 2.34. The summed E-state index contributed by atoms with van der Waals surface area (Å²) in [6.07, 6.45) is -4.04. The van der Waals surface area contributed by atoms with Gasteiger partial charge in [0.05, 0.1) is 17.2 Å². The van der Waals surface area contributed by atoms with Crippen molar-refractivity contribution in [3.05, 3.63) is 35.4 Å². The molecular weight excluding hydrogens is 259 g/mol. The first-order valence-corrected chi connectivity index (χ1v) is 5.95. The SMILES string of the molecule is CC(O)CCCNC(=O)c1ccccc1C(F)(F)F. The molecule has 0 aliphatic carbocycles. The average Bonchev–Trinajstić information content (AvgIpc) is 2.33. The standard InChI is InChI=1S/C13H16F3NO2/c1-9(18)5-4-8-17-12(19)10-6-2-3-7-11(10)13(14,15)16/h2-3,6-7,9,18H,4-5,8H2,1H3,(H,17,19). The molecule has 0 aliphatic rings. The molecule has 0 aliphatic heterocycles. The highest BCUT2D eigenvalue weighted by Crippen LogP contribution is 2.31. The maximum Gasteiger partial charge on any atom is 0.417 e. The number of benzene rings is 1. The molecule has 0 spiro atoms. The molecule has 1 atom stereocenters. The molecule has 106 valence electrons. The van der Waals surface area contributed by atoms with Gasteiger partial charge in [-0.1, -0.05) is 12.1 Å². The Balaban J connectivity index is 2.67. The molecule has 1 rings (SSSR count). The summed E-state index contributed by atoms with van der Waals surface area (Å²) in [6.45, 7) is 1.84. The van der Waals surface area contributed by atoms with Gasteiger partial charge in [0.1, 0.15) is 0 Å². The van der Waals surface area contributed by atoms with Gasteiger partial charge in [0.2, 0.25) is 0 Å². The van der Waals surface area contributed by atoms with Crippen molar-refractivity contribution < 1.29 is 23.1 Å². The van der Waals surface area contributed by atoms with Gasteiger partial charge in [-0.15, -0.1) is 0 Å². The summed E-state index contributed by atoms with van der Waals surface area (Å²) in [5.41, 5.74) is -1.32. The lowest BCUT2D eigenvalue weighted by Crippen LogP contribution is -2.27. The maximum atomic E-state index is 12.7. The third-order valence-electron chi connectivity index (χ3n) is 2.56. The van der Waals surface area contributed by atoms with E-state index in [1.54, 1.807) is 6.92 Å². The van der Waals surface area contributed by atoms with Gasteiger partial charge < -0.3 is 10.4 Å². The van der Waals surface area contributed by atoms with Crippen LogP contribution in [0.2, 0.25) is 0 Å². The lowest BCUT2D eigenvalue weighted by molar-refractivity contribution is -0.137. The number of aliphatic hydroxyl groups excluding tert-OH is 1. The largest absolute Gasteiger partial charge is 0.417 e. The Bertz CT molecular complexity index is 430. The van der Waals surface area contributed by atoms with Crippen LogP contribution >= 0.6 is 0 Å². The van der Waals surface area contributed by atoms with Gasteiger partial charge in [-0.25, -0.2) is 0 Å². The fourth-order valence-corrected chi connectivity index (χ4v) is 1.62. The van der Waals surface area contributed by atoms with Crippen LogP contribution in [0.25, 0.3) is 0 Å². The number of carbonyl (C=O) groups excluding carboxylic acids is 1. The van der Waals surface area contributed by atoms with Gasteiger partial charge in [0, 0.05) is 6.54 Å². The second kappa shape index (κ2) is 6.56. The monoisotopic (exact) mass is 275 g/mol. The van der Waals surface area contributed by atoms with Crippen molar-refractivity contribution in [2.45, 2.75) is 32.0 Å². The van der Waals surface area contributed by atoms with Crippen molar-refractivity contribution in [3.63, 3.8) is 0 Å². The summed E-state index contributed by atoms with van der Waals surface area (Å²) in [4.78, 5) is 11.7. The van der Waals surface area contributed by atoms with Crippen molar-refractivity contribution >= 4 is 5.91 Å². The Morgan fingerprint density at radius 2 is 2.00 bits per heavy atom. The number of amides is 1. The van der Waals surface area contributed by atoms with Gasteiger partial charge >= 0.3 is 6.18 Å². The molecule has 1 aromatic carbocycles. The zero-order chi connectivity index (χ0) is 14.5. The zero-order valence-corrected chi connectivity index (χ0v) is 10.5. The summed E-state index contributed by atoms with van der Waals surface area (Å²) < 4.78 is 38.1. The summed E-state index contributed by atoms with van der Waals surface area (Å²) in [5, 5.41) is 11.4. The van der Waals surface area contributed by atoms with Crippen LogP contribution in [0.15, 0.2) is 24.3 Å². The van der Waals surface area contributed by atoms with Gasteiger partial charge in [-0.05, 0) is 31.9 Å². The minimum absolute atomic E-state index is 0.232. The van der Waals surface area contributed by atoms with Crippen molar-refractivity contribution in [1.82, 2.24) is 5.32 Å². The fourth-order valence-electron chi connectivity index (χ4n) is 1.62. The van der Waals surface area contributed by atoms with Gasteiger partial charge in [0.15, 0.2) is 0 Å². The van der Waals surface area contributed by atoms with Crippen LogP contribution in [-0.4, -0.2) is 23.7 Å². The zero-order valence-electron chi connectivity index (χ0n) is 10.5. The number of hydrogen-bond donors (Lipinski definition) is 2. The molecule has 1 amide bonds. The topological polar surface area (TPSA) is 49.3 Å². The smallest absolute Gasteiger partial charge is 0.393 e. The number of nitrogens with one attached hydrogen (secondary N) is 1. The molecule has 0 heterocycles. The molecule has 0 radical (unpaired) electrons. The van der Waals surface area contributed by atoms with Crippen LogP contribution in [0.5, 0.6) is 0 Å². The molecule has 3 nitrogen and oxygen atoms in total. The number of alkyl halides is 3. The van der Waals surface area contributed by atoms with Crippen molar-refractivity contribution in [1.29, 1.82) is 0 Å². The van der Waals surface area contributed by atoms with Gasteiger partial charge in [0.25, 0.3) is 5.91 Å². The lowest BCUT2D eigenvalue weighted by atomic mass is 10.1. The molecule has 19 heavy (non-hydrogen) atoms. The number of hydrogen-bond acceptors (Lipinski definition) is 2. The fraction of sp³-hybridized carbons (Fsp3) is 0.462. The molecule has 2 N–H and O–H groups in total. The molecule has 0 aromatic heterocycles. The number of carbonyl (C=O) groups is 1. The van der Waals surface area contributed by atoms with E-state index in [1.807, 2.05) is 0 Å². The van der Waals surface area contributed by atoms with E-state index in [2.05, 4.69) is 5.32 Å². The van der Waals surface area contributed by atoms with Crippen LogP contribution < -0.4 is 5.32 Å².